The minimum absolute atomic E-state index is 0.105. The first-order valence-corrected chi connectivity index (χ1v) is 23.5. The van der Waals surface area contributed by atoms with E-state index in [4.69, 9.17) is 5.10 Å². The van der Waals surface area contributed by atoms with Gasteiger partial charge in [-0.2, -0.15) is 10.2 Å². The summed E-state index contributed by atoms with van der Waals surface area (Å²) in [5, 5.41) is 17.5. The van der Waals surface area contributed by atoms with Crippen LogP contribution in [0.4, 0.5) is 34.6 Å². The van der Waals surface area contributed by atoms with Crippen LogP contribution in [-0.2, 0) is 34.4 Å². The summed E-state index contributed by atoms with van der Waals surface area (Å²) >= 11 is 1.30. The highest BCUT2D eigenvalue weighted by Crippen LogP contribution is 2.42. The molecule has 0 saturated carbocycles. The van der Waals surface area contributed by atoms with Crippen LogP contribution in [-0.4, -0.2) is 126 Å². The maximum absolute atomic E-state index is 15.9. The van der Waals surface area contributed by atoms with E-state index in [1.807, 2.05) is 34.9 Å². The number of aromatic nitrogens is 7. The summed E-state index contributed by atoms with van der Waals surface area (Å²) in [6, 6.07) is 14.6. The van der Waals surface area contributed by atoms with Crippen LogP contribution in [0.1, 0.15) is 48.2 Å². The van der Waals surface area contributed by atoms with Crippen LogP contribution in [0.2, 0.25) is 0 Å². The van der Waals surface area contributed by atoms with Crippen molar-refractivity contribution in [2.45, 2.75) is 50.1 Å². The highest BCUT2D eigenvalue weighted by molar-refractivity contribution is 7.13. The average Bonchev–Trinajstić information content (AvgIpc) is 4.18. The van der Waals surface area contributed by atoms with Crippen LogP contribution in [0.15, 0.2) is 78.7 Å². The largest absolute Gasteiger partial charge is 0.368 e. The zero-order valence-electron chi connectivity index (χ0n) is 36.9. The van der Waals surface area contributed by atoms with Crippen LogP contribution in [0.25, 0.3) is 32.9 Å². The number of anilines is 3. The zero-order valence-corrected chi connectivity index (χ0v) is 37.8. The number of carbonyl (C=O) groups excluding carboxylic acids is 4. The number of nitrogens with one attached hydrogen (secondary N) is 2. The number of amides is 5. The molecular formula is C47H46F3N13O4S. The fourth-order valence-electron chi connectivity index (χ4n) is 10.1. The zero-order chi connectivity index (χ0) is 46.8. The van der Waals surface area contributed by atoms with Crippen LogP contribution < -0.4 is 20.4 Å². The second-order valence-corrected chi connectivity index (χ2v) is 18.7. The van der Waals surface area contributed by atoms with Crippen molar-refractivity contribution in [3.05, 3.63) is 101 Å². The third-order valence-electron chi connectivity index (χ3n) is 13.6. The van der Waals surface area contributed by atoms with E-state index in [2.05, 4.69) is 30.6 Å². The van der Waals surface area contributed by atoms with Crippen molar-refractivity contribution in [3.63, 3.8) is 0 Å². The molecule has 350 valence electrons. The van der Waals surface area contributed by atoms with Crippen molar-refractivity contribution >= 4 is 73.5 Å². The van der Waals surface area contributed by atoms with Crippen LogP contribution in [0.5, 0.6) is 0 Å². The molecule has 3 aromatic carbocycles. The molecule has 68 heavy (non-hydrogen) atoms. The van der Waals surface area contributed by atoms with Gasteiger partial charge in [-0.3, -0.25) is 44.2 Å². The van der Waals surface area contributed by atoms with Crippen molar-refractivity contribution in [3.8, 4) is 11.1 Å². The molecule has 0 spiro atoms. The van der Waals surface area contributed by atoms with Gasteiger partial charge in [0.05, 0.1) is 47.4 Å². The van der Waals surface area contributed by atoms with E-state index in [0.29, 0.717) is 76.9 Å². The number of likely N-dealkylation sites (tertiary alicyclic amines) is 1. The second kappa shape index (κ2) is 17.2. The number of rotatable bonds is 10. The van der Waals surface area contributed by atoms with Gasteiger partial charge < -0.3 is 14.4 Å². The number of nitrogens with zero attached hydrogens (tertiary/aromatic N) is 11. The molecule has 3 saturated heterocycles. The standard InChI is InChI=1S/C47H46F3N13O4S/c1-57-38-23-29(6-9-32(38)43(56-57)62-15-11-39(64)53-46(62)67)34-10-14-58(26-47(34,49)50)25-40(65)60-18-16-59(17-19-60)31-7-4-28(5-8-31)30-21-35(48)33-24-63(55-36(33)22-30)42(44(66)54-45-51-12-20-68-45)41-37-3-2-13-61(37)27-52-41/h4-9,12,20-24,27,34,42H,2-3,10-11,13-19,25-26H2,1H3,(H,51,54,66)(H,53,64,67). The number of aryl methyl sites for hydroxylation is 2. The van der Waals surface area contributed by atoms with E-state index in [1.165, 1.54) is 31.9 Å². The fourth-order valence-corrected chi connectivity index (χ4v) is 10.7. The van der Waals surface area contributed by atoms with Gasteiger partial charge >= 0.3 is 6.03 Å². The predicted octanol–water partition coefficient (Wildman–Crippen LogP) is 5.78. The Morgan fingerprint density at radius 3 is 2.51 bits per heavy atom. The molecule has 0 bridgehead atoms. The number of hydrogen-bond acceptors (Lipinski definition) is 11. The number of urea groups is 1. The van der Waals surface area contributed by atoms with Crippen LogP contribution in [0.3, 0.4) is 0 Å². The minimum Gasteiger partial charge on any atom is -0.368 e. The summed E-state index contributed by atoms with van der Waals surface area (Å²) in [5.41, 5.74) is 5.32. The number of piperidine rings is 1. The van der Waals surface area contributed by atoms with Crippen molar-refractivity contribution in [1.29, 1.82) is 0 Å². The SMILES string of the molecule is Cn1nc(N2CCC(=O)NC2=O)c2ccc(C3CCN(CC(=O)N4CCN(c5ccc(-c6cc(F)c7cn(C(C(=O)Nc8nccs8)c8ncn9c8CCC9)nc7c6)cc5)CC4)CC3(F)F)cc21. The van der Waals surface area contributed by atoms with Gasteiger partial charge in [-0.15, -0.1) is 11.3 Å². The molecule has 8 heterocycles. The number of thiazole rings is 1. The molecule has 4 aromatic heterocycles. The summed E-state index contributed by atoms with van der Waals surface area (Å²) in [7, 11) is 1.69. The summed E-state index contributed by atoms with van der Waals surface area (Å²) in [5.74, 6) is -5.20. The van der Waals surface area contributed by atoms with Crippen molar-refractivity contribution in [1.82, 2.24) is 49.2 Å². The number of alkyl halides is 2. The van der Waals surface area contributed by atoms with Gasteiger partial charge in [0, 0.05) is 87.3 Å². The second-order valence-electron chi connectivity index (χ2n) is 17.8. The molecule has 4 aliphatic heterocycles. The molecule has 0 aliphatic carbocycles. The van der Waals surface area contributed by atoms with Gasteiger partial charge in [0.25, 0.3) is 11.8 Å². The Balaban J connectivity index is 0.713. The third kappa shape index (κ3) is 8.01. The van der Waals surface area contributed by atoms with Gasteiger partial charge in [0.2, 0.25) is 11.8 Å². The number of halogens is 3. The Labute approximate surface area is 391 Å². The van der Waals surface area contributed by atoms with Crippen molar-refractivity contribution < 1.29 is 32.3 Å². The Morgan fingerprint density at radius 2 is 1.75 bits per heavy atom. The van der Waals surface area contributed by atoms with Gasteiger partial charge in [-0.1, -0.05) is 18.2 Å². The normalized spacial score (nSPS) is 19.2. The molecule has 5 amide bonds. The first-order valence-electron chi connectivity index (χ1n) is 22.6. The Bertz CT molecular complexity index is 3110. The number of hydrogen-bond donors (Lipinski definition) is 2. The lowest BCUT2D eigenvalue weighted by atomic mass is 9.85. The van der Waals surface area contributed by atoms with Gasteiger partial charge in [-0.05, 0) is 78.9 Å². The van der Waals surface area contributed by atoms with Gasteiger partial charge in [0.1, 0.15) is 5.82 Å². The van der Waals surface area contributed by atoms with E-state index in [9.17, 15) is 19.2 Å². The number of piperazine rings is 1. The minimum atomic E-state index is -3.10. The highest BCUT2D eigenvalue weighted by atomic mass is 32.1. The van der Waals surface area contributed by atoms with E-state index in [-0.39, 0.29) is 49.0 Å². The maximum atomic E-state index is 15.9. The first-order chi connectivity index (χ1) is 32.9. The smallest absolute Gasteiger partial charge is 0.329 e. The van der Waals surface area contributed by atoms with Crippen molar-refractivity contribution in [2.24, 2.45) is 7.05 Å². The topological polar surface area (TPSA) is 172 Å². The number of benzene rings is 3. The first kappa shape index (κ1) is 43.4. The average molecular weight is 946 g/mol. The Hall–Kier alpha value is -7.13. The quantitative estimate of drug-likeness (QED) is 0.172. The number of imide groups is 1. The fraction of sp³-hybridized carbons (Fsp3) is 0.362. The van der Waals surface area contributed by atoms with Crippen LogP contribution >= 0.6 is 11.3 Å². The molecule has 2 unspecified atom stereocenters. The lowest BCUT2D eigenvalue weighted by Crippen LogP contribution is -2.54. The monoisotopic (exact) mass is 945 g/mol. The third-order valence-corrected chi connectivity index (χ3v) is 14.3. The van der Waals surface area contributed by atoms with E-state index < -0.39 is 36.3 Å². The summed E-state index contributed by atoms with van der Waals surface area (Å²) in [6.45, 7) is 2.64. The Kier molecular flexibility index (Phi) is 11.0. The predicted molar refractivity (Wildman–Crippen MR) is 248 cm³/mol. The lowest BCUT2D eigenvalue weighted by Gasteiger charge is -2.40. The molecule has 0 radical (unpaired) electrons. The summed E-state index contributed by atoms with van der Waals surface area (Å²) in [4.78, 5) is 67.1. The summed E-state index contributed by atoms with van der Waals surface area (Å²) in [6.07, 6.45) is 6.91. The Morgan fingerprint density at radius 1 is 0.926 bits per heavy atom. The molecule has 7 aromatic rings. The van der Waals surface area contributed by atoms with Gasteiger partial charge in [-0.25, -0.2) is 27.9 Å². The number of imidazole rings is 1. The molecular weight excluding hydrogens is 900 g/mol. The van der Waals surface area contributed by atoms with Crippen molar-refractivity contribution in [2.75, 3.05) is 67.5 Å². The molecule has 2 N–H and O–H groups in total. The number of carbonyl (C=O) groups is 4. The molecule has 17 nitrogen and oxygen atoms in total. The molecule has 21 heteroatoms. The lowest BCUT2D eigenvalue weighted by molar-refractivity contribution is -0.136. The molecule has 3 fully saturated rings. The highest BCUT2D eigenvalue weighted by Gasteiger charge is 2.46. The van der Waals surface area contributed by atoms with E-state index in [0.717, 1.165) is 36.3 Å². The number of fused-ring (bicyclic) bond motifs is 3. The molecule has 2 atom stereocenters. The van der Waals surface area contributed by atoms with E-state index >= 15 is 13.2 Å². The maximum Gasteiger partial charge on any atom is 0.329 e. The summed E-state index contributed by atoms with van der Waals surface area (Å²) < 4.78 is 52.8. The molecule has 11 rings (SSSR count). The van der Waals surface area contributed by atoms with E-state index in [1.54, 1.807) is 58.9 Å². The van der Waals surface area contributed by atoms with Crippen LogP contribution in [0, 0.1) is 5.82 Å². The molecule has 4 aliphatic rings. The van der Waals surface area contributed by atoms with Gasteiger partial charge in [0.15, 0.2) is 17.0 Å².